The molecular formula is C18H18N2OS2. The number of hydrogen-bond donors (Lipinski definition) is 1. The quantitative estimate of drug-likeness (QED) is 0.781. The maximum atomic E-state index is 12.7. The molecule has 1 aliphatic rings. The van der Waals surface area contributed by atoms with E-state index in [2.05, 4.69) is 6.07 Å². The molecule has 2 aromatic heterocycles. The first-order valence-corrected chi connectivity index (χ1v) is 9.99. The third-order valence-corrected chi connectivity index (χ3v) is 7.26. The minimum absolute atomic E-state index is 0.498. The van der Waals surface area contributed by atoms with Crippen LogP contribution >= 0.6 is 11.3 Å². The van der Waals surface area contributed by atoms with Crippen molar-refractivity contribution in [3.05, 3.63) is 53.2 Å². The van der Waals surface area contributed by atoms with Crippen molar-refractivity contribution in [1.82, 2.24) is 4.98 Å². The second-order valence-corrected chi connectivity index (χ2v) is 8.58. The average molecular weight is 342 g/mol. The maximum absolute atomic E-state index is 12.7. The highest BCUT2D eigenvalue weighted by molar-refractivity contribution is 7.87. The van der Waals surface area contributed by atoms with Crippen LogP contribution in [0.25, 0.3) is 10.2 Å². The number of anilines is 1. The van der Waals surface area contributed by atoms with E-state index in [-0.39, 0.29) is 0 Å². The van der Waals surface area contributed by atoms with Gasteiger partial charge in [-0.25, -0.2) is 4.98 Å². The van der Waals surface area contributed by atoms with Crippen LogP contribution in [-0.2, 0) is 29.4 Å². The molecule has 5 heteroatoms. The van der Waals surface area contributed by atoms with Crippen LogP contribution in [-0.4, -0.2) is 9.19 Å². The molecule has 0 saturated carbocycles. The molecular weight excluding hydrogens is 324 g/mol. The summed E-state index contributed by atoms with van der Waals surface area (Å²) in [5, 5.41) is 0.979. The molecule has 0 amide bonds. The number of nitrogen functional groups attached to an aromatic ring is 1. The van der Waals surface area contributed by atoms with Gasteiger partial charge in [0.2, 0.25) is 0 Å². The SMILES string of the molecule is Nc1c([S@](=O)Cc2ccccc2)sc2nc3c(cc12)CCCC3. The van der Waals surface area contributed by atoms with E-state index in [0.29, 0.717) is 11.4 Å². The summed E-state index contributed by atoms with van der Waals surface area (Å²) in [6.07, 6.45) is 4.55. The fourth-order valence-corrected chi connectivity index (χ4v) is 5.70. The van der Waals surface area contributed by atoms with Crippen LogP contribution in [0, 0.1) is 0 Å². The van der Waals surface area contributed by atoms with Crippen molar-refractivity contribution in [2.75, 3.05) is 5.73 Å². The smallest absolute Gasteiger partial charge is 0.126 e. The first-order chi connectivity index (χ1) is 11.2. The molecule has 0 bridgehead atoms. The highest BCUT2D eigenvalue weighted by Crippen LogP contribution is 2.37. The van der Waals surface area contributed by atoms with Crippen LogP contribution in [0.1, 0.15) is 29.7 Å². The molecule has 118 valence electrons. The molecule has 0 aliphatic heterocycles. The molecule has 0 unspecified atom stereocenters. The summed E-state index contributed by atoms with van der Waals surface area (Å²) in [4.78, 5) is 5.72. The van der Waals surface area contributed by atoms with Gasteiger partial charge in [0.1, 0.15) is 9.04 Å². The average Bonchev–Trinajstić information content (AvgIpc) is 2.90. The number of aryl methyl sites for hydroxylation is 2. The van der Waals surface area contributed by atoms with Gasteiger partial charge in [0, 0.05) is 11.1 Å². The van der Waals surface area contributed by atoms with Gasteiger partial charge in [-0.05, 0) is 42.9 Å². The molecule has 1 aromatic carbocycles. The van der Waals surface area contributed by atoms with Crippen molar-refractivity contribution in [3.8, 4) is 0 Å². The summed E-state index contributed by atoms with van der Waals surface area (Å²) in [5.41, 5.74) is 10.5. The molecule has 2 heterocycles. The van der Waals surface area contributed by atoms with Crippen molar-refractivity contribution < 1.29 is 4.21 Å². The number of rotatable bonds is 3. The minimum atomic E-state index is -1.13. The molecule has 0 saturated heterocycles. The molecule has 4 rings (SSSR count). The number of hydrogen-bond acceptors (Lipinski definition) is 4. The third kappa shape index (κ3) is 2.79. The van der Waals surface area contributed by atoms with E-state index in [4.69, 9.17) is 10.7 Å². The zero-order chi connectivity index (χ0) is 15.8. The van der Waals surface area contributed by atoms with E-state index >= 15 is 0 Å². The van der Waals surface area contributed by atoms with Gasteiger partial charge in [0.25, 0.3) is 0 Å². The summed E-state index contributed by atoms with van der Waals surface area (Å²) in [5.74, 6) is 0.498. The fourth-order valence-electron chi connectivity index (χ4n) is 3.10. The Labute approximate surface area is 142 Å². The Morgan fingerprint density at radius 2 is 1.96 bits per heavy atom. The molecule has 0 fully saturated rings. The molecule has 0 radical (unpaired) electrons. The van der Waals surface area contributed by atoms with E-state index in [9.17, 15) is 4.21 Å². The van der Waals surface area contributed by atoms with Crippen LogP contribution in [0.2, 0.25) is 0 Å². The van der Waals surface area contributed by atoms with Gasteiger partial charge in [-0.3, -0.25) is 4.21 Å². The lowest BCUT2D eigenvalue weighted by atomic mass is 9.95. The molecule has 1 aliphatic carbocycles. The van der Waals surface area contributed by atoms with Crippen molar-refractivity contribution in [1.29, 1.82) is 0 Å². The van der Waals surface area contributed by atoms with Crippen LogP contribution in [0.5, 0.6) is 0 Å². The minimum Gasteiger partial charge on any atom is -0.397 e. The number of nitrogens with zero attached hydrogens (tertiary/aromatic N) is 1. The van der Waals surface area contributed by atoms with E-state index < -0.39 is 10.8 Å². The van der Waals surface area contributed by atoms with E-state index in [1.54, 1.807) is 0 Å². The lowest BCUT2D eigenvalue weighted by molar-refractivity contribution is 0.672. The summed E-state index contributed by atoms with van der Waals surface area (Å²) >= 11 is 1.49. The Morgan fingerprint density at radius 3 is 2.78 bits per heavy atom. The first-order valence-electron chi connectivity index (χ1n) is 7.85. The lowest BCUT2D eigenvalue weighted by Crippen LogP contribution is -2.04. The normalized spacial score (nSPS) is 15.5. The largest absolute Gasteiger partial charge is 0.397 e. The number of fused-ring (bicyclic) bond motifs is 2. The lowest BCUT2D eigenvalue weighted by Gasteiger charge is -2.14. The van der Waals surface area contributed by atoms with Crippen LogP contribution in [0.15, 0.2) is 40.6 Å². The van der Waals surface area contributed by atoms with Crippen molar-refractivity contribution in [2.24, 2.45) is 0 Å². The van der Waals surface area contributed by atoms with Crippen LogP contribution in [0.4, 0.5) is 5.69 Å². The number of thiophene rings is 1. The van der Waals surface area contributed by atoms with Gasteiger partial charge in [0.05, 0.1) is 22.2 Å². The number of pyridine rings is 1. The third-order valence-electron chi connectivity index (χ3n) is 4.31. The molecule has 23 heavy (non-hydrogen) atoms. The summed E-state index contributed by atoms with van der Waals surface area (Å²) in [6.45, 7) is 0. The summed E-state index contributed by atoms with van der Waals surface area (Å²) in [7, 11) is -1.13. The predicted molar refractivity (Wildman–Crippen MR) is 97.2 cm³/mol. The molecule has 3 nitrogen and oxygen atoms in total. The Hall–Kier alpha value is -1.72. The maximum Gasteiger partial charge on any atom is 0.126 e. The highest BCUT2D eigenvalue weighted by atomic mass is 32.2. The Balaban J connectivity index is 1.72. The van der Waals surface area contributed by atoms with Gasteiger partial charge in [0.15, 0.2) is 0 Å². The number of aromatic nitrogens is 1. The van der Waals surface area contributed by atoms with Crippen molar-refractivity contribution >= 4 is 38.0 Å². The zero-order valence-corrected chi connectivity index (χ0v) is 14.4. The van der Waals surface area contributed by atoms with Gasteiger partial charge >= 0.3 is 0 Å². The van der Waals surface area contributed by atoms with Crippen molar-refractivity contribution in [3.63, 3.8) is 0 Å². The van der Waals surface area contributed by atoms with Crippen LogP contribution < -0.4 is 5.73 Å². The Kier molecular flexibility index (Phi) is 3.91. The van der Waals surface area contributed by atoms with Gasteiger partial charge in [-0.2, -0.15) is 0 Å². The van der Waals surface area contributed by atoms with Gasteiger partial charge < -0.3 is 5.73 Å². The van der Waals surface area contributed by atoms with Crippen molar-refractivity contribution in [2.45, 2.75) is 35.6 Å². The number of benzene rings is 1. The molecule has 3 aromatic rings. The first kappa shape index (κ1) is 14.8. The topological polar surface area (TPSA) is 56.0 Å². The highest BCUT2D eigenvalue weighted by Gasteiger charge is 2.19. The summed E-state index contributed by atoms with van der Waals surface area (Å²) < 4.78 is 13.5. The molecule has 1 atom stereocenters. The zero-order valence-electron chi connectivity index (χ0n) is 12.7. The number of nitrogens with two attached hydrogens (primary N) is 1. The van der Waals surface area contributed by atoms with E-state index in [0.717, 1.165) is 32.8 Å². The second-order valence-electron chi connectivity index (χ2n) is 5.93. The Bertz CT molecular complexity index is 887. The monoisotopic (exact) mass is 342 g/mol. The standard InChI is InChI=1S/C18H18N2OS2/c19-16-14-10-13-8-4-5-9-15(13)20-17(14)22-18(16)23(21)11-12-6-2-1-3-7-12/h1-3,6-7,10H,4-5,8-9,11,19H2/t23-/m1/s1. The Morgan fingerprint density at radius 1 is 1.17 bits per heavy atom. The van der Waals surface area contributed by atoms with E-state index in [1.807, 2.05) is 30.3 Å². The summed E-state index contributed by atoms with van der Waals surface area (Å²) in [6, 6.07) is 12.1. The van der Waals surface area contributed by atoms with Gasteiger partial charge in [-0.15, -0.1) is 11.3 Å². The van der Waals surface area contributed by atoms with Gasteiger partial charge in [-0.1, -0.05) is 30.3 Å². The molecule has 2 N–H and O–H groups in total. The van der Waals surface area contributed by atoms with Crippen LogP contribution in [0.3, 0.4) is 0 Å². The predicted octanol–water partition coefficient (Wildman–Crippen LogP) is 4.07. The molecule has 0 spiro atoms. The fraction of sp³-hybridized carbons (Fsp3) is 0.278. The second kappa shape index (κ2) is 6.06. The van der Waals surface area contributed by atoms with E-state index in [1.165, 1.54) is 35.4 Å².